The zero-order valence-corrected chi connectivity index (χ0v) is 16.1. The molecule has 2 aromatic rings. The summed E-state index contributed by atoms with van der Waals surface area (Å²) >= 11 is 0. The van der Waals surface area contributed by atoms with Crippen molar-refractivity contribution in [2.75, 3.05) is 36.9 Å². The van der Waals surface area contributed by atoms with Gasteiger partial charge in [0.05, 0.1) is 24.8 Å². The van der Waals surface area contributed by atoms with Gasteiger partial charge in [0.1, 0.15) is 11.5 Å². The van der Waals surface area contributed by atoms with Gasteiger partial charge in [0.25, 0.3) is 10.0 Å². The van der Waals surface area contributed by atoms with Crippen LogP contribution in [0.15, 0.2) is 41.3 Å². The first kappa shape index (κ1) is 18.4. The van der Waals surface area contributed by atoms with Crippen LogP contribution in [0.4, 0.5) is 11.4 Å². The van der Waals surface area contributed by atoms with Crippen molar-refractivity contribution in [2.24, 2.45) is 0 Å². The van der Waals surface area contributed by atoms with Crippen molar-refractivity contribution in [3.05, 3.63) is 42.0 Å². The van der Waals surface area contributed by atoms with E-state index in [0.29, 0.717) is 17.2 Å². The van der Waals surface area contributed by atoms with Crippen LogP contribution in [0.2, 0.25) is 0 Å². The van der Waals surface area contributed by atoms with E-state index in [2.05, 4.69) is 9.62 Å². The third-order valence-corrected chi connectivity index (χ3v) is 5.94. The Kier molecular flexibility index (Phi) is 5.27. The number of rotatable bonds is 6. The van der Waals surface area contributed by atoms with E-state index in [1.165, 1.54) is 13.2 Å². The lowest BCUT2D eigenvalue weighted by Gasteiger charge is -2.20. The molecule has 1 heterocycles. The maximum Gasteiger partial charge on any atom is 0.262 e. The Hall–Kier alpha value is -2.41. The molecule has 0 aromatic heterocycles. The Labute approximate surface area is 154 Å². The molecule has 1 fully saturated rings. The summed E-state index contributed by atoms with van der Waals surface area (Å²) in [5, 5.41) is 0. The van der Waals surface area contributed by atoms with Crippen molar-refractivity contribution in [2.45, 2.75) is 24.7 Å². The SMILES string of the molecule is COc1ccc(S(=O)(=O)Nc2cc(N3CCCC3)ccc2OC)cc1C. The summed E-state index contributed by atoms with van der Waals surface area (Å²) in [4.78, 5) is 2.43. The van der Waals surface area contributed by atoms with Crippen LogP contribution < -0.4 is 19.1 Å². The molecule has 140 valence electrons. The molecule has 2 aromatic carbocycles. The molecule has 3 rings (SSSR count). The maximum atomic E-state index is 12.8. The number of hydrogen-bond donors (Lipinski definition) is 1. The van der Waals surface area contributed by atoms with Crippen LogP contribution in [-0.4, -0.2) is 35.7 Å². The van der Waals surface area contributed by atoms with E-state index in [1.807, 2.05) is 19.1 Å². The maximum absolute atomic E-state index is 12.8. The van der Waals surface area contributed by atoms with E-state index in [-0.39, 0.29) is 4.90 Å². The lowest BCUT2D eigenvalue weighted by atomic mass is 10.2. The predicted molar refractivity (Wildman–Crippen MR) is 103 cm³/mol. The highest BCUT2D eigenvalue weighted by molar-refractivity contribution is 7.92. The molecule has 0 atom stereocenters. The summed E-state index contributed by atoms with van der Waals surface area (Å²) in [6, 6.07) is 10.4. The molecule has 1 N–H and O–H groups in total. The third kappa shape index (κ3) is 3.72. The first-order chi connectivity index (χ1) is 12.4. The molecule has 26 heavy (non-hydrogen) atoms. The van der Waals surface area contributed by atoms with Crippen molar-refractivity contribution in [3.8, 4) is 11.5 Å². The van der Waals surface area contributed by atoms with Gasteiger partial charge in [-0.15, -0.1) is 0 Å². The van der Waals surface area contributed by atoms with E-state index >= 15 is 0 Å². The molecule has 6 nitrogen and oxygen atoms in total. The number of nitrogens with one attached hydrogen (secondary N) is 1. The number of ether oxygens (including phenoxy) is 2. The Bertz CT molecular complexity index is 890. The summed E-state index contributed by atoms with van der Waals surface area (Å²) in [7, 11) is -0.651. The molecule has 1 aliphatic heterocycles. The van der Waals surface area contributed by atoms with Crippen LogP contribution in [0.25, 0.3) is 0 Å². The van der Waals surface area contributed by atoms with E-state index in [0.717, 1.165) is 37.2 Å². The number of aryl methyl sites for hydroxylation is 1. The lowest BCUT2D eigenvalue weighted by Crippen LogP contribution is -2.18. The molecule has 0 aliphatic carbocycles. The molecule has 0 radical (unpaired) electrons. The number of hydrogen-bond acceptors (Lipinski definition) is 5. The standard InChI is InChI=1S/C19H24N2O4S/c1-14-12-16(7-9-18(14)24-2)26(22,23)20-17-13-15(6-8-19(17)25-3)21-10-4-5-11-21/h6-9,12-13,20H,4-5,10-11H2,1-3H3. The van der Waals surface area contributed by atoms with Crippen LogP contribution in [0, 0.1) is 6.92 Å². The van der Waals surface area contributed by atoms with Crippen LogP contribution >= 0.6 is 0 Å². The first-order valence-corrected chi connectivity index (χ1v) is 10.0. The molecular weight excluding hydrogens is 352 g/mol. The van der Waals surface area contributed by atoms with E-state index < -0.39 is 10.0 Å². The van der Waals surface area contributed by atoms with Gasteiger partial charge >= 0.3 is 0 Å². The highest BCUT2D eigenvalue weighted by Crippen LogP contribution is 2.33. The van der Waals surface area contributed by atoms with Gasteiger partial charge in [-0.1, -0.05) is 0 Å². The highest BCUT2D eigenvalue weighted by Gasteiger charge is 2.20. The van der Waals surface area contributed by atoms with Gasteiger partial charge in [0.2, 0.25) is 0 Å². The Balaban J connectivity index is 1.93. The predicted octanol–water partition coefficient (Wildman–Crippen LogP) is 3.41. The summed E-state index contributed by atoms with van der Waals surface area (Å²) < 4.78 is 38.9. The van der Waals surface area contributed by atoms with Crippen LogP contribution in [0.5, 0.6) is 11.5 Å². The number of benzene rings is 2. The molecule has 0 spiro atoms. The fraction of sp³-hybridized carbons (Fsp3) is 0.368. The van der Waals surface area contributed by atoms with Crippen molar-refractivity contribution < 1.29 is 17.9 Å². The minimum Gasteiger partial charge on any atom is -0.496 e. The topological polar surface area (TPSA) is 67.9 Å². The average molecular weight is 376 g/mol. The van der Waals surface area contributed by atoms with Crippen LogP contribution in [0.1, 0.15) is 18.4 Å². The minimum atomic E-state index is -3.74. The highest BCUT2D eigenvalue weighted by atomic mass is 32.2. The zero-order chi connectivity index (χ0) is 18.7. The quantitative estimate of drug-likeness (QED) is 0.837. The van der Waals surface area contributed by atoms with Crippen molar-refractivity contribution in [1.82, 2.24) is 0 Å². The molecule has 1 aliphatic rings. The number of anilines is 2. The average Bonchev–Trinajstić information content (AvgIpc) is 3.16. The molecule has 1 saturated heterocycles. The monoisotopic (exact) mass is 376 g/mol. The van der Waals surface area contributed by atoms with Gasteiger partial charge < -0.3 is 14.4 Å². The summed E-state index contributed by atoms with van der Waals surface area (Å²) in [5.74, 6) is 1.14. The van der Waals surface area contributed by atoms with Gasteiger partial charge in [-0.3, -0.25) is 4.72 Å². The van der Waals surface area contributed by atoms with Crippen LogP contribution in [-0.2, 0) is 10.0 Å². The van der Waals surface area contributed by atoms with E-state index in [4.69, 9.17) is 9.47 Å². The summed E-state index contributed by atoms with van der Waals surface area (Å²) in [5.41, 5.74) is 2.19. The fourth-order valence-electron chi connectivity index (χ4n) is 3.17. The first-order valence-electron chi connectivity index (χ1n) is 8.55. The Morgan fingerprint density at radius 1 is 0.962 bits per heavy atom. The lowest BCUT2D eigenvalue weighted by molar-refractivity contribution is 0.411. The minimum absolute atomic E-state index is 0.185. The molecule has 0 bridgehead atoms. The number of methoxy groups -OCH3 is 2. The van der Waals surface area contributed by atoms with Gasteiger partial charge in [-0.25, -0.2) is 8.42 Å². The third-order valence-electron chi connectivity index (χ3n) is 4.58. The van der Waals surface area contributed by atoms with Gasteiger partial charge in [0.15, 0.2) is 0 Å². The second-order valence-corrected chi connectivity index (χ2v) is 8.00. The molecular formula is C19H24N2O4S. The van der Waals surface area contributed by atoms with Crippen LogP contribution in [0.3, 0.4) is 0 Å². The number of nitrogens with zero attached hydrogens (tertiary/aromatic N) is 1. The van der Waals surface area contributed by atoms with Gasteiger partial charge in [0, 0.05) is 18.8 Å². The summed E-state index contributed by atoms with van der Waals surface area (Å²) in [6.07, 6.45) is 2.30. The van der Waals surface area contributed by atoms with Gasteiger partial charge in [-0.05, 0) is 61.7 Å². The smallest absolute Gasteiger partial charge is 0.262 e. The second-order valence-electron chi connectivity index (χ2n) is 6.32. The largest absolute Gasteiger partial charge is 0.496 e. The number of sulfonamides is 1. The van der Waals surface area contributed by atoms with E-state index in [9.17, 15) is 8.42 Å². The van der Waals surface area contributed by atoms with Gasteiger partial charge in [-0.2, -0.15) is 0 Å². The fourth-order valence-corrected chi connectivity index (χ4v) is 4.32. The second kappa shape index (κ2) is 7.45. The summed E-state index contributed by atoms with van der Waals surface area (Å²) in [6.45, 7) is 3.78. The van der Waals surface area contributed by atoms with Crippen molar-refractivity contribution >= 4 is 21.4 Å². The normalized spacial score (nSPS) is 14.3. The van der Waals surface area contributed by atoms with E-state index in [1.54, 1.807) is 25.3 Å². The molecule has 0 amide bonds. The van der Waals surface area contributed by atoms with Crippen molar-refractivity contribution in [1.29, 1.82) is 0 Å². The molecule has 0 saturated carbocycles. The molecule has 7 heteroatoms. The Morgan fingerprint density at radius 2 is 1.62 bits per heavy atom. The van der Waals surface area contributed by atoms with Crippen molar-refractivity contribution in [3.63, 3.8) is 0 Å². The molecule has 0 unspecified atom stereocenters. The zero-order valence-electron chi connectivity index (χ0n) is 15.3. The Morgan fingerprint density at radius 3 is 2.23 bits per heavy atom.